The molecular weight excluding hydrogens is 212 g/mol. The Morgan fingerprint density at radius 2 is 1.65 bits per heavy atom. The topological polar surface area (TPSA) is 18.5 Å². The van der Waals surface area contributed by atoms with Gasteiger partial charge in [-0.25, -0.2) is 0 Å². The summed E-state index contributed by atoms with van der Waals surface area (Å²) in [4.78, 5) is 0. The Hall–Kier alpha value is -1.02. The van der Waals surface area contributed by atoms with Gasteiger partial charge in [-0.2, -0.15) is 0 Å². The quantitative estimate of drug-likeness (QED) is 0.553. The van der Waals surface area contributed by atoms with E-state index in [-0.39, 0.29) is 0 Å². The molecule has 0 bridgehead atoms. The predicted molar refractivity (Wildman–Crippen MR) is 70.7 cm³/mol. The molecule has 0 fully saturated rings. The molecule has 1 aromatic rings. The molecule has 0 spiro atoms. The first-order valence-corrected chi connectivity index (χ1v) is 6.58. The van der Waals surface area contributed by atoms with Crippen LogP contribution in [0.1, 0.15) is 45.4 Å². The van der Waals surface area contributed by atoms with Crippen LogP contribution >= 0.6 is 0 Å². The molecule has 1 radical (unpaired) electrons. The van der Waals surface area contributed by atoms with Crippen molar-refractivity contribution in [2.45, 2.75) is 45.4 Å². The van der Waals surface area contributed by atoms with Gasteiger partial charge in [0.15, 0.2) is 0 Å². The molecule has 0 aliphatic carbocycles. The van der Waals surface area contributed by atoms with Crippen molar-refractivity contribution in [1.82, 2.24) is 0 Å². The first-order valence-electron chi connectivity index (χ1n) is 6.58. The van der Waals surface area contributed by atoms with Crippen molar-refractivity contribution in [2.75, 3.05) is 6.61 Å². The summed E-state index contributed by atoms with van der Waals surface area (Å²) in [6.45, 7) is 4.42. The highest BCUT2D eigenvalue weighted by Gasteiger charge is 1.94. The van der Waals surface area contributed by atoms with Gasteiger partial charge in [0.25, 0.3) is 6.79 Å². The van der Waals surface area contributed by atoms with Crippen LogP contribution in [-0.4, -0.2) is 6.61 Å². The maximum absolute atomic E-state index is 5.30. The molecule has 0 aromatic heterocycles. The molecule has 0 saturated heterocycles. The van der Waals surface area contributed by atoms with Crippen LogP contribution in [0.15, 0.2) is 30.3 Å². The molecule has 0 amide bonds. The van der Waals surface area contributed by atoms with E-state index in [0.29, 0.717) is 0 Å². The van der Waals surface area contributed by atoms with Crippen LogP contribution < -0.4 is 4.74 Å². The average molecular weight is 235 g/mol. The zero-order valence-electron chi connectivity index (χ0n) is 10.7. The van der Waals surface area contributed by atoms with E-state index in [0.717, 1.165) is 18.8 Å². The van der Waals surface area contributed by atoms with Gasteiger partial charge in [0.05, 0.1) is 6.61 Å². The van der Waals surface area contributed by atoms with E-state index in [1.165, 1.54) is 38.9 Å². The molecule has 0 N–H and O–H groups in total. The van der Waals surface area contributed by atoms with E-state index in [1.54, 1.807) is 0 Å². The lowest BCUT2D eigenvalue weighted by Gasteiger charge is -2.05. The normalized spacial score (nSPS) is 10.4. The van der Waals surface area contributed by atoms with E-state index in [2.05, 4.69) is 6.92 Å². The molecule has 0 unspecified atom stereocenters. The standard InChI is InChI=1S/C15H23O2/c1-2-3-4-5-6-10-13-16-14-17-15-11-8-7-9-12-15/h7-9,11-12,14H,2-6,10,13H2,1H3. The summed E-state index contributed by atoms with van der Waals surface area (Å²) in [5, 5.41) is 0. The van der Waals surface area contributed by atoms with Crippen LogP contribution in [0.3, 0.4) is 0 Å². The van der Waals surface area contributed by atoms with Crippen molar-refractivity contribution in [3.05, 3.63) is 37.1 Å². The van der Waals surface area contributed by atoms with Crippen LogP contribution in [-0.2, 0) is 4.74 Å². The smallest absolute Gasteiger partial charge is 0.263 e. The number of unbranched alkanes of at least 4 members (excludes halogenated alkanes) is 5. The van der Waals surface area contributed by atoms with Crippen molar-refractivity contribution in [3.63, 3.8) is 0 Å². The lowest BCUT2D eigenvalue weighted by atomic mass is 10.1. The molecule has 0 atom stereocenters. The van der Waals surface area contributed by atoms with Gasteiger partial charge >= 0.3 is 0 Å². The van der Waals surface area contributed by atoms with Gasteiger partial charge in [0.1, 0.15) is 5.75 Å². The molecule has 0 aliphatic heterocycles. The zero-order valence-corrected chi connectivity index (χ0v) is 10.7. The third kappa shape index (κ3) is 7.81. The Balaban J connectivity index is 1.85. The summed E-state index contributed by atoms with van der Waals surface area (Å²) >= 11 is 0. The monoisotopic (exact) mass is 235 g/mol. The number of para-hydroxylation sites is 1. The van der Waals surface area contributed by atoms with E-state index >= 15 is 0 Å². The Kier molecular flexibility index (Phi) is 8.39. The Morgan fingerprint density at radius 3 is 2.41 bits per heavy atom. The fourth-order valence-electron chi connectivity index (χ4n) is 1.60. The van der Waals surface area contributed by atoms with Crippen LogP contribution in [0.4, 0.5) is 0 Å². The Labute approximate surface area is 105 Å². The Morgan fingerprint density at radius 1 is 0.941 bits per heavy atom. The van der Waals surface area contributed by atoms with Crippen molar-refractivity contribution in [1.29, 1.82) is 0 Å². The molecule has 1 rings (SSSR count). The van der Waals surface area contributed by atoms with E-state index < -0.39 is 0 Å². The molecule has 2 heteroatoms. The third-order valence-electron chi connectivity index (χ3n) is 2.61. The molecule has 17 heavy (non-hydrogen) atoms. The molecule has 1 aromatic carbocycles. The van der Waals surface area contributed by atoms with Crippen LogP contribution in [0, 0.1) is 6.79 Å². The van der Waals surface area contributed by atoms with Gasteiger partial charge in [-0.1, -0.05) is 57.2 Å². The van der Waals surface area contributed by atoms with Crippen molar-refractivity contribution >= 4 is 0 Å². The van der Waals surface area contributed by atoms with E-state index in [1.807, 2.05) is 30.3 Å². The molecule has 0 aliphatic rings. The highest BCUT2D eigenvalue weighted by molar-refractivity contribution is 5.21. The number of hydrogen-bond acceptors (Lipinski definition) is 2. The summed E-state index contributed by atoms with van der Waals surface area (Å²) in [6.07, 6.45) is 7.67. The highest BCUT2D eigenvalue weighted by Crippen LogP contribution is 2.10. The number of ether oxygens (including phenoxy) is 2. The summed E-state index contributed by atoms with van der Waals surface area (Å²) in [6, 6.07) is 9.66. The van der Waals surface area contributed by atoms with Crippen LogP contribution in [0.2, 0.25) is 0 Å². The van der Waals surface area contributed by atoms with Gasteiger partial charge in [-0.05, 0) is 18.6 Å². The molecular formula is C15H23O2. The van der Waals surface area contributed by atoms with Crippen molar-refractivity contribution in [3.8, 4) is 5.75 Å². The second-order valence-electron chi connectivity index (χ2n) is 4.17. The summed E-state index contributed by atoms with van der Waals surface area (Å²) < 4.78 is 10.6. The minimum atomic E-state index is 0.749. The Bertz CT molecular complexity index is 259. The number of benzene rings is 1. The fourth-order valence-corrected chi connectivity index (χ4v) is 1.60. The first-order chi connectivity index (χ1) is 8.43. The minimum absolute atomic E-state index is 0.749. The summed E-state index contributed by atoms with van der Waals surface area (Å²) in [5.74, 6) is 0.815. The predicted octanol–water partition coefficient (Wildman–Crippen LogP) is 4.56. The number of hydrogen-bond donors (Lipinski definition) is 0. The summed E-state index contributed by atoms with van der Waals surface area (Å²) in [7, 11) is 0. The average Bonchev–Trinajstić information content (AvgIpc) is 2.38. The largest absolute Gasteiger partial charge is 0.458 e. The third-order valence-corrected chi connectivity index (χ3v) is 2.61. The number of rotatable bonds is 10. The molecule has 0 saturated carbocycles. The van der Waals surface area contributed by atoms with Gasteiger partial charge in [-0.3, -0.25) is 0 Å². The second-order valence-corrected chi connectivity index (χ2v) is 4.17. The highest BCUT2D eigenvalue weighted by atomic mass is 16.7. The maximum Gasteiger partial charge on any atom is 0.263 e. The van der Waals surface area contributed by atoms with Gasteiger partial charge < -0.3 is 9.47 Å². The van der Waals surface area contributed by atoms with Crippen LogP contribution in [0.5, 0.6) is 5.75 Å². The molecule has 95 valence electrons. The van der Waals surface area contributed by atoms with E-state index in [4.69, 9.17) is 9.47 Å². The fraction of sp³-hybridized carbons (Fsp3) is 0.533. The maximum atomic E-state index is 5.30. The SMILES string of the molecule is CCCCCCCCO[CH]Oc1ccccc1. The molecule has 2 nitrogen and oxygen atoms in total. The zero-order chi connectivity index (χ0) is 12.2. The van der Waals surface area contributed by atoms with Gasteiger partial charge in [0.2, 0.25) is 0 Å². The van der Waals surface area contributed by atoms with Gasteiger partial charge in [0, 0.05) is 0 Å². The summed E-state index contributed by atoms with van der Waals surface area (Å²) in [5.41, 5.74) is 0. The van der Waals surface area contributed by atoms with Crippen LogP contribution in [0.25, 0.3) is 0 Å². The van der Waals surface area contributed by atoms with Crippen molar-refractivity contribution < 1.29 is 9.47 Å². The van der Waals surface area contributed by atoms with E-state index in [9.17, 15) is 0 Å². The lowest BCUT2D eigenvalue weighted by molar-refractivity contribution is 0.0891. The molecule has 0 heterocycles. The second kappa shape index (κ2) is 10.2. The van der Waals surface area contributed by atoms with Crippen molar-refractivity contribution in [2.24, 2.45) is 0 Å². The first kappa shape index (κ1) is 14.0. The van der Waals surface area contributed by atoms with Gasteiger partial charge in [-0.15, -0.1) is 0 Å². The minimum Gasteiger partial charge on any atom is -0.458 e. The lowest BCUT2D eigenvalue weighted by Crippen LogP contribution is -1.97.